The van der Waals surface area contributed by atoms with E-state index < -0.39 is 34.5 Å². The number of hydrogen-bond donors (Lipinski definition) is 0. The van der Waals surface area contributed by atoms with Crippen LogP contribution in [-0.2, 0) is 16.1 Å². The van der Waals surface area contributed by atoms with E-state index in [0.29, 0.717) is 17.9 Å². The summed E-state index contributed by atoms with van der Waals surface area (Å²) in [5, 5.41) is 13.9. The minimum atomic E-state index is -0.653. The number of carbonyl (C=O) groups is 3. The van der Waals surface area contributed by atoms with Crippen LogP contribution < -0.4 is 0 Å². The van der Waals surface area contributed by atoms with Crippen molar-refractivity contribution in [1.29, 1.82) is 0 Å². The van der Waals surface area contributed by atoms with Gasteiger partial charge in [-0.25, -0.2) is 5.01 Å². The summed E-state index contributed by atoms with van der Waals surface area (Å²) in [6.45, 7) is -0.362. The Morgan fingerprint density at radius 2 is 1.56 bits per heavy atom. The van der Waals surface area contributed by atoms with Crippen LogP contribution in [0, 0.1) is 22.0 Å². The van der Waals surface area contributed by atoms with E-state index in [1.807, 2.05) is 12.2 Å². The predicted molar refractivity (Wildman–Crippen MR) is 117 cm³/mol. The first kappa shape index (κ1) is 22.0. The molecule has 4 rings (SSSR count). The molecule has 0 aromatic heterocycles. The van der Waals surface area contributed by atoms with Crippen molar-refractivity contribution < 1.29 is 19.3 Å². The summed E-state index contributed by atoms with van der Waals surface area (Å²) >= 11 is 11.8. The highest BCUT2D eigenvalue weighted by Gasteiger charge is 2.51. The van der Waals surface area contributed by atoms with Crippen LogP contribution in [0.15, 0.2) is 54.6 Å². The molecule has 0 unspecified atom stereocenters. The zero-order valence-corrected chi connectivity index (χ0v) is 18.1. The molecule has 32 heavy (non-hydrogen) atoms. The number of hydrazine groups is 1. The van der Waals surface area contributed by atoms with Crippen LogP contribution in [0.4, 0.5) is 5.69 Å². The number of fused-ring (bicyclic) bond motifs is 1. The van der Waals surface area contributed by atoms with E-state index in [9.17, 15) is 24.5 Å². The molecular weight excluding hydrogens is 457 g/mol. The number of hydrogen-bond acceptors (Lipinski definition) is 5. The molecule has 1 heterocycles. The number of amides is 3. The molecule has 8 nitrogen and oxygen atoms in total. The van der Waals surface area contributed by atoms with Gasteiger partial charge < -0.3 is 0 Å². The maximum atomic E-state index is 13.4. The summed E-state index contributed by atoms with van der Waals surface area (Å²) in [5.41, 5.74) is -0.000455. The molecule has 1 aliphatic heterocycles. The second-order valence-corrected chi connectivity index (χ2v) is 8.42. The average molecular weight is 474 g/mol. The summed E-state index contributed by atoms with van der Waals surface area (Å²) in [5.74, 6) is -2.77. The predicted octanol–water partition coefficient (Wildman–Crippen LogP) is 4.41. The quantitative estimate of drug-likeness (QED) is 0.277. The summed E-state index contributed by atoms with van der Waals surface area (Å²) in [4.78, 5) is 50.6. The maximum absolute atomic E-state index is 13.4. The molecule has 3 amide bonds. The van der Waals surface area contributed by atoms with Crippen LogP contribution in [0.3, 0.4) is 0 Å². The third-order valence-electron chi connectivity index (χ3n) is 5.62. The van der Waals surface area contributed by atoms with Crippen LogP contribution >= 0.6 is 23.2 Å². The fourth-order valence-corrected chi connectivity index (χ4v) is 4.29. The maximum Gasteiger partial charge on any atom is 0.275 e. The SMILES string of the molecule is O=C(c1ccc(Cl)cc1)N(Cc1ccc(Cl)cc1[N+](=O)[O-])N1C(=O)[C@H]2CC=CC[C@H]2C1=O. The molecule has 0 N–H and O–H groups in total. The highest BCUT2D eigenvalue weighted by Crippen LogP contribution is 2.37. The van der Waals surface area contributed by atoms with Gasteiger partial charge in [-0.05, 0) is 49.2 Å². The first-order chi connectivity index (χ1) is 15.3. The van der Waals surface area contributed by atoms with Gasteiger partial charge in [0.15, 0.2) is 0 Å². The minimum Gasteiger partial charge on any atom is -0.272 e. The topological polar surface area (TPSA) is 101 Å². The molecule has 0 bridgehead atoms. The van der Waals surface area contributed by atoms with Crippen molar-refractivity contribution in [2.24, 2.45) is 11.8 Å². The van der Waals surface area contributed by atoms with Gasteiger partial charge in [0.1, 0.15) is 0 Å². The summed E-state index contributed by atoms with van der Waals surface area (Å²) in [6.07, 6.45) is 4.47. The lowest BCUT2D eigenvalue weighted by atomic mass is 9.85. The number of halogens is 2. The zero-order valence-electron chi connectivity index (χ0n) is 16.6. The van der Waals surface area contributed by atoms with Gasteiger partial charge in [-0.1, -0.05) is 35.4 Å². The van der Waals surface area contributed by atoms with Crippen molar-refractivity contribution in [3.8, 4) is 0 Å². The molecular formula is C22H17Cl2N3O5. The normalized spacial score (nSPS) is 19.8. The van der Waals surface area contributed by atoms with Gasteiger partial charge in [0, 0.05) is 21.7 Å². The first-order valence-electron chi connectivity index (χ1n) is 9.81. The zero-order chi connectivity index (χ0) is 23.0. The average Bonchev–Trinajstić information content (AvgIpc) is 3.03. The van der Waals surface area contributed by atoms with Crippen LogP contribution in [-0.4, -0.2) is 32.7 Å². The lowest BCUT2D eigenvalue weighted by Gasteiger charge is -2.30. The molecule has 2 aliphatic rings. The molecule has 0 saturated carbocycles. The Hall–Kier alpha value is -3.23. The minimum absolute atomic E-state index is 0.135. The van der Waals surface area contributed by atoms with Gasteiger partial charge >= 0.3 is 0 Å². The van der Waals surface area contributed by atoms with E-state index in [1.54, 1.807) is 0 Å². The van der Waals surface area contributed by atoms with Gasteiger partial charge in [0.2, 0.25) is 0 Å². The first-order valence-corrected chi connectivity index (χ1v) is 10.6. The molecule has 1 fully saturated rings. The van der Waals surface area contributed by atoms with E-state index in [2.05, 4.69) is 0 Å². The molecule has 164 valence electrons. The summed E-state index contributed by atoms with van der Waals surface area (Å²) < 4.78 is 0. The number of nitro groups is 1. The molecule has 10 heteroatoms. The Morgan fingerprint density at radius 1 is 1.00 bits per heavy atom. The third kappa shape index (κ3) is 3.99. The number of carbonyl (C=O) groups excluding carboxylic acids is 3. The molecule has 2 aromatic carbocycles. The Kier molecular flexibility index (Phi) is 5.99. The van der Waals surface area contributed by atoms with E-state index in [-0.39, 0.29) is 28.4 Å². The largest absolute Gasteiger partial charge is 0.275 e. The van der Waals surface area contributed by atoms with Crippen LogP contribution in [0.25, 0.3) is 0 Å². The van der Waals surface area contributed by atoms with Gasteiger partial charge in [0.25, 0.3) is 23.4 Å². The van der Waals surface area contributed by atoms with Crippen molar-refractivity contribution in [2.45, 2.75) is 19.4 Å². The van der Waals surface area contributed by atoms with Crippen molar-refractivity contribution >= 4 is 46.6 Å². The Morgan fingerprint density at radius 3 is 2.12 bits per heavy atom. The number of rotatable bonds is 5. The summed E-state index contributed by atoms with van der Waals surface area (Å²) in [7, 11) is 0. The van der Waals surface area contributed by atoms with Crippen LogP contribution in [0.5, 0.6) is 0 Å². The van der Waals surface area contributed by atoms with E-state index in [4.69, 9.17) is 23.2 Å². The number of benzene rings is 2. The molecule has 1 saturated heterocycles. The molecule has 2 aromatic rings. The van der Waals surface area contributed by atoms with Crippen molar-refractivity contribution in [1.82, 2.24) is 10.0 Å². The van der Waals surface area contributed by atoms with Crippen LogP contribution in [0.1, 0.15) is 28.8 Å². The Bertz CT molecular complexity index is 1120. The lowest BCUT2D eigenvalue weighted by Crippen LogP contribution is -2.49. The second-order valence-electron chi connectivity index (χ2n) is 7.54. The monoisotopic (exact) mass is 473 g/mol. The van der Waals surface area contributed by atoms with Crippen molar-refractivity contribution in [3.63, 3.8) is 0 Å². The van der Waals surface area contributed by atoms with Gasteiger partial charge in [-0.2, -0.15) is 5.01 Å². The molecule has 2 atom stereocenters. The van der Waals surface area contributed by atoms with E-state index in [0.717, 1.165) is 10.0 Å². The molecule has 0 spiro atoms. The third-order valence-corrected chi connectivity index (χ3v) is 6.10. The van der Waals surface area contributed by atoms with Crippen LogP contribution in [0.2, 0.25) is 10.0 Å². The molecule has 1 aliphatic carbocycles. The van der Waals surface area contributed by atoms with Gasteiger partial charge in [0.05, 0.1) is 28.9 Å². The Balaban J connectivity index is 1.77. The summed E-state index contributed by atoms with van der Waals surface area (Å²) in [6, 6.07) is 9.97. The van der Waals surface area contributed by atoms with E-state index in [1.165, 1.54) is 42.5 Å². The van der Waals surface area contributed by atoms with Gasteiger partial charge in [-0.15, -0.1) is 0 Å². The number of nitrogens with zero attached hydrogens (tertiary/aromatic N) is 3. The van der Waals surface area contributed by atoms with Crippen molar-refractivity contribution in [3.05, 3.63) is 85.9 Å². The fraction of sp³-hybridized carbons (Fsp3) is 0.227. The van der Waals surface area contributed by atoms with Crippen molar-refractivity contribution in [2.75, 3.05) is 0 Å². The standard InChI is InChI=1S/C22H17Cl2N3O5/c23-15-8-5-13(6-9-15)20(28)25(12-14-7-10-16(24)11-19(14)27(31)32)26-21(29)17-3-1-2-4-18(17)22(26)30/h1-2,5-11,17-18H,3-4,12H2/t17-,18+. The number of nitro benzene ring substituents is 1. The Labute approximate surface area is 193 Å². The second kappa shape index (κ2) is 8.72. The highest BCUT2D eigenvalue weighted by molar-refractivity contribution is 6.31. The lowest BCUT2D eigenvalue weighted by molar-refractivity contribution is -0.385. The van der Waals surface area contributed by atoms with Gasteiger partial charge in [-0.3, -0.25) is 24.5 Å². The highest BCUT2D eigenvalue weighted by atomic mass is 35.5. The molecule has 0 radical (unpaired) electrons. The number of allylic oxidation sites excluding steroid dienone is 2. The smallest absolute Gasteiger partial charge is 0.272 e. The number of imide groups is 1. The fourth-order valence-electron chi connectivity index (χ4n) is 4.00. The van der Waals surface area contributed by atoms with E-state index >= 15 is 0 Å².